The first-order chi connectivity index (χ1) is 12.7. The molecule has 0 aromatic heterocycles. The van der Waals surface area contributed by atoms with Crippen LogP contribution < -0.4 is 10.6 Å². The van der Waals surface area contributed by atoms with Crippen molar-refractivity contribution < 1.29 is 9.53 Å². The summed E-state index contributed by atoms with van der Waals surface area (Å²) in [7, 11) is 0. The number of amides is 2. The van der Waals surface area contributed by atoms with Crippen molar-refractivity contribution in [2.75, 3.05) is 31.6 Å². The lowest BCUT2D eigenvalue weighted by Crippen LogP contribution is -2.51. The topological polar surface area (TPSA) is 77.4 Å². The molecule has 6 nitrogen and oxygen atoms in total. The largest absolute Gasteiger partial charge is 0.378 e. The summed E-state index contributed by atoms with van der Waals surface area (Å²) in [4.78, 5) is 14.5. The van der Waals surface area contributed by atoms with Crippen molar-refractivity contribution in [1.29, 1.82) is 5.26 Å². The number of carbonyl (C=O) groups is 1. The van der Waals surface area contributed by atoms with Crippen molar-refractivity contribution in [3.63, 3.8) is 0 Å². The van der Waals surface area contributed by atoms with Crippen molar-refractivity contribution in [3.8, 4) is 6.07 Å². The Morgan fingerprint density at radius 2 is 2.08 bits per heavy atom. The van der Waals surface area contributed by atoms with E-state index in [9.17, 15) is 4.79 Å². The molecule has 2 aromatic rings. The Balaban J connectivity index is 1.53. The van der Waals surface area contributed by atoms with E-state index in [-0.39, 0.29) is 12.1 Å². The van der Waals surface area contributed by atoms with Crippen LogP contribution in [0.5, 0.6) is 0 Å². The van der Waals surface area contributed by atoms with Crippen molar-refractivity contribution in [3.05, 3.63) is 65.7 Å². The van der Waals surface area contributed by atoms with Crippen LogP contribution in [0.2, 0.25) is 0 Å². The van der Waals surface area contributed by atoms with Gasteiger partial charge in [0.15, 0.2) is 0 Å². The summed E-state index contributed by atoms with van der Waals surface area (Å²) >= 11 is 0. The quantitative estimate of drug-likeness (QED) is 0.869. The van der Waals surface area contributed by atoms with Gasteiger partial charge in [0.1, 0.15) is 0 Å². The van der Waals surface area contributed by atoms with Crippen molar-refractivity contribution in [2.45, 2.75) is 12.6 Å². The third-order valence-electron chi connectivity index (χ3n) is 4.33. The standard InChI is InChI=1S/C20H22N4O2/c21-12-17-7-4-8-18(11-17)23-20(25)22-13-19-15-26-10-9-24(19)14-16-5-2-1-3-6-16/h1-8,11,19H,9-10,13-15H2,(H2,22,23,25). The molecule has 6 heteroatoms. The van der Waals surface area contributed by atoms with Gasteiger partial charge in [-0.2, -0.15) is 5.26 Å². The normalized spacial score (nSPS) is 17.3. The zero-order chi connectivity index (χ0) is 18.2. The van der Waals surface area contributed by atoms with Gasteiger partial charge in [-0.1, -0.05) is 36.4 Å². The molecule has 2 N–H and O–H groups in total. The summed E-state index contributed by atoms with van der Waals surface area (Å²) in [6, 6.07) is 19.0. The van der Waals surface area contributed by atoms with Crippen LogP contribution in [0.3, 0.4) is 0 Å². The average molecular weight is 350 g/mol. The van der Waals surface area contributed by atoms with Gasteiger partial charge in [0.05, 0.1) is 30.9 Å². The van der Waals surface area contributed by atoms with E-state index in [1.807, 2.05) is 18.2 Å². The molecule has 3 rings (SSSR count). The Labute approximate surface area is 153 Å². The minimum absolute atomic E-state index is 0.125. The van der Waals surface area contributed by atoms with E-state index in [0.717, 1.165) is 13.1 Å². The molecule has 1 atom stereocenters. The second kappa shape index (κ2) is 8.99. The van der Waals surface area contributed by atoms with Crippen molar-refractivity contribution in [2.24, 2.45) is 0 Å². The molecule has 26 heavy (non-hydrogen) atoms. The summed E-state index contributed by atoms with van der Waals surface area (Å²) in [5.74, 6) is 0. The number of ether oxygens (including phenoxy) is 1. The molecular formula is C20H22N4O2. The van der Waals surface area contributed by atoms with Crippen LogP contribution in [0.25, 0.3) is 0 Å². The fourth-order valence-corrected chi connectivity index (χ4v) is 2.96. The fourth-order valence-electron chi connectivity index (χ4n) is 2.96. The summed E-state index contributed by atoms with van der Waals surface area (Å²) in [6.07, 6.45) is 0. The van der Waals surface area contributed by atoms with Crippen LogP contribution in [-0.4, -0.2) is 43.3 Å². The molecule has 1 saturated heterocycles. The highest BCUT2D eigenvalue weighted by molar-refractivity contribution is 5.89. The number of carbonyl (C=O) groups excluding carboxylic acids is 1. The number of rotatable bonds is 5. The number of nitrogens with one attached hydrogen (secondary N) is 2. The second-order valence-corrected chi connectivity index (χ2v) is 6.21. The lowest BCUT2D eigenvalue weighted by Gasteiger charge is -2.35. The van der Waals surface area contributed by atoms with Gasteiger partial charge in [0.2, 0.25) is 0 Å². The van der Waals surface area contributed by atoms with E-state index >= 15 is 0 Å². The van der Waals surface area contributed by atoms with E-state index in [0.29, 0.717) is 31.0 Å². The van der Waals surface area contributed by atoms with Gasteiger partial charge in [-0.25, -0.2) is 4.79 Å². The molecule has 1 heterocycles. The van der Waals surface area contributed by atoms with Crippen LogP contribution in [0.4, 0.5) is 10.5 Å². The number of morpholine rings is 1. The predicted molar refractivity (Wildman–Crippen MR) is 99.6 cm³/mol. The average Bonchev–Trinajstić information content (AvgIpc) is 2.68. The SMILES string of the molecule is N#Cc1cccc(NC(=O)NCC2COCCN2Cc2ccccc2)c1. The van der Waals surface area contributed by atoms with E-state index in [2.05, 4.69) is 33.7 Å². The lowest BCUT2D eigenvalue weighted by atomic mass is 10.1. The van der Waals surface area contributed by atoms with E-state index in [1.54, 1.807) is 24.3 Å². The minimum atomic E-state index is -0.287. The molecule has 1 fully saturated rings. The number of urea groups is 1. The van der Waals surface area contributed by atoms with E-state index in [4.69, 9.17) is 10.00 Å². The van der Waals surface area contributed by atoms with Gasteiger partial charge in [0, 0.05) is 25.3 Å². The van der Waals surface area contributed by atoms with Crippen LogP contribution in [0.1, 0.15) is 11.1 Å². The highest BCUT2D eigenvalue weighted by atomic mass is 16.5. The third kappa shape index (κ3) is 5.06. The summed E-state index contributed by atoms with van der Waals surface area (Å²) in [5.41, 5.74) is 2.36. The maximum Gasteiger partial charge on any atom is 0.319 e. The van der Waals surface area contributed by atoms with Crippen molar-refractivity contribution in [1.82, 2.24) is 10.2 Å². The molecule has 2 aromatic carbocycles. The van der Waals surface area contributed by atoms with Crippen LogP contribution in [0, 0.1) is 11.3 Å². The Bertz CT molecular complexity index is 773. The van der Waals surface area contributed by atoms with Gasteiger partial charge in [-0.15, -0.1) is 0 Å². The molecule has 1 unspecified atom stereocenters. The second-order valence-electron chi connectivity index (χ2n) is 6.21. The molecule has 0 saturated carbocycles. The first-order valence-corrected chi connectivity index (χ1v) is 8.65. The smallest absolute Gasteiger partial charge is 0.319 e. The number of benzene rings is 2. The molecule has 2 amide bonds. The van der Waals surface area contributed by atoms with Gasteiger partial charge in [-0.3, -0.25) is 4.90 Å². The Hall–Kier alpha value is -2.88. The zero-order valence-electron chi connectivity index (χ0n) is 14.5. The van der Waals surface area contributed by atoms with E-state index < -0.39 is 0 Å². The highest BCUT2D eigenvalue weighted by Crippen LogP contribution is 2.12. The first-order valence-electron chi connectivity index (χ1n) is 8.65. The molecule has 0 bridgehead atoms. The number of nitrogens with zero attached hydrogens (tertiary/aromatic N) is 2. The Morgan fingerprint density at radius 1 is 1.23 bits per heavy atom. The van der Waals surface area contributed by atoms with Crippen LogP contribution in [-0.2, 0) is 11.3 Å². The number of hydrogen-bond acceptors (Lipinski definition) is 4. The lowest BCUT2D eigenvalue weighted by molar-refractivity contribution is -0.00982. The fraction of sp³-hybridized carbons (Fsp3) is 0.300. The predicted octanol–water partition coefficient (Wildman–Crippen LogP) is 2.58. The van der Waals surface area contributed by atoms with Crippen LogP contribution in [0.15, 0.2) is 54.6 Å². The molecule has 134 valence electrons. The molecule has 0 aliphatic carbocycles. The summed E-state index contributed by atoms with van der Waals surface area (Å²) in [6.45, 7) is 3.47. The van der Waals surface area contributed by atoms with Crippen molar-refractivity contribution >= 4 is 11.7 Å². The molecule has 0 spiro atoms. The summed E-state index contributed by atoms with van der Waals surface area (Å²) < 4.78 is 5.58. The van der Waals surface area contributed by atoms with Crippen LogP contribution >= 0.6 is 0 Å². The number of anilines is 1. The Kier molecular flexibility index (Phi) is 6.20. The minimum Gasteiger partial charge on any atom is -0.378 e. The zero-order valence-corrected chi connectivity index (χ0v) is 14.5. The Morgan fingerprint density at radius 3 is 2.88 bits per heavy atom. The van der Waals surface area contributed by atoms with Gasteiger partial charge in [-0.05, 0) is 23.8 Å². The van der Waals surface area contributed by atoms with Gasteiger partial charge in [0.25, 0.3) is 0 Å². The monoisotopic (exact) mass is 350 g/mol. The molecule has 0 radical (unpaired) electrons. The number of hydrogen-bond donors (Lipinski definition) is 2. The third-order valence-corrected chi connectivity index (χ3v) is 4.33. The van der Waals surface area contributed by atoms with Gasteiger partial charge < -0.3 is 15.4 Å². The molecule has 1 aliphatic rings. The van der Waals surface area contributed by atoms with E-state index in [1.165, 1.54) is 5.56 Å². The maximum atomic E-state index is 12.2. The maximum absolute atomic E-state index is 12.2. The molecule has 1 aliphatic heterocycles. The summed E-state index contributed by atoms with van der Waals surface area (Å²) in [5, 5.41) is 14.6. The number of nitriles is 1. The van der Waals surface area contributed by atoms with Gasteiger partial charge >= 0.3 is 6.03 Å². The highest BCUT2D eigenvalue weighted by Gasteiger charge is 2.23. The molecular weight excluding hydrogens is 328 g/mol. The first kappa shape index (κ1) is 17.9.